The maximum atomic E-state index is 9.57. The van der Waals surface area contributed by atoms with E-state index in [0.29, 0.717) is 11.8 Å². The van der Waals surface area contributed by atoms with Gasteiger partial charge in [-0.3, -0.25) is 0 Å². The quantitative estimate of drug-likeness (QED) is 0.699. The normalized spacial score (nSPS) is 12.5. The molecule has 72 valence electrons. The van der Waals surface area contributed by atoms with Crippen LogP contribution in [0.1, 0.15) is 25.8 Å². The fourth-order valence-electron chi connectivity index (χ4n) is 1.19. The van der Waals surface area contributed by atoms with E-state index in [1.54, 1.807) is 6.07 Å². The van der Waals surface area contributed by atoms with Crippen LogP contribution in [0, 0.1) is 6.92 Å². The molecule has 0 heterocycles. The average Bonchev–Trinajstić information content (AvgIpc) is 2.11. The van der Waals surface area contributed by atoms with Crippen molar-refractivity contribution in [3.8, 4) is 5.75 Å². The van der Waals surface area contributed by atoms with E-state index in [1.165, 1.54) is 0 Å². The predicted molar refractivity (Wildman–Crippen MR) is 56.2 cm³/mol. The topological polar surface area (TPSA) is 32.3 Å². The molecular weight excluding hydrogens is 162 g/mol. The van der Waals surface area contributed by atoms with Gasteiger partial charge in [-0.15, -0.1) is 0 Å². The summed E-state index contributed by atoms with van der Waals surface area (Å²) in [7, 11) is 0. The SMILES string of the molecule is CCC(C)Nc1c(C)cccc1O. The van der Waals surface area contributed by atoms with Crippen LogP contribution in [0.2, 0.25) is 0 Å². The van der Waals surface area contributed by atoms with Gasteiger partial charge in [0.15, 0.2) is 0 Å². The van der Waals surface area contributed by atoms with Crippen LogP contribution in [0.25, 0.3) is 0 Å². The van der Waals surface area contributed by atoms with Crippen molar-refractivity contribution in [2.45, 2.75) is 33.2 Å². The minimum absolute atomic E-state index is 0.334. The number of para-hydroxylation sites is 1. The molecule has 1 rings (SSSR count). The molecule has 1 unspecified atom stereocenters. The zero-order valence-corrected chi connectivity index (χ0v) is 8.46. The van der Waals surface area contributed by atoms with Crippen LogP contribution in [0.4, 0.5) is 5.69 Å². The Morgan fingerprint density at radius 2 is 2.15 bits per heavy atom. The second kappa shape index (κ2) is 4.17. The number of hydrogen-bond acceptors (Lipinski definition) is 2. The van der Waals surface area contributed by atoms with E-state index < -0.39 is 0 Å². The summed E-state index contributed by atoms with van der Waals surface area (Å²) < 4.78 is 0. The summed E-state index contributed by atoms with van der Waals surface area (Å²) in [5, 5.41) is 12.9. The van der Waals surface area contributed by atoms with Gasteiger partial charge in [0, 0.05) is 6.04 Å². The molecule has 0 radical (unpaired) electrons. The number of phenols is 1. The average molecular weight is 179 g/mol. The smallest absolute Gasteiger partial charge is 0.138 e. The highest BCUT2D eigenvalue weighted by Gasteiger charge is 2.05. The van der Waals surface area contributed by atoms with E-state index in [2.05, 4.69) is 19.2 Å². The molecule has 0 bridgehead atoms. The monoisotopic (exact) mass is 179 g/mol. The summed E-state index contributed by atoms with van der Waals surface area (Å²) in [5.74, 6) is 0.334. The minimum Gasteiger partial charge on any atom is -0.506 e. The lowest BCUT2D eigenvalue weighted by Gasteiger charge is -2.16. The standard InChI is InChI=1S/C11H17NO/c1-4-9(3)12-11-8(2)6-5-7-10(11)13/h5-7,9,12-13H,4H2,1-3H3. The van der Waals surface area contributed by atoms with Crippen molar-refractivity contribution in [3.63, 3.8) is 0 Å². The third-order valence-electron chi connectivity index (χ3n) is 2.25. The summed E-state index contributed by atoms with van der Waals surface area (Å²) in [6.45, 7) is 6.21. The van der Waals surface area contributed by atoms with Gasteiger partial charge >= 0.3 is 0 Å². The van der Waals surface area contributed by atoms with E-state index >= 15 is 0 Å². The Kier molecular flexibility index (Phi) is 3.18. The van der Waals surface area contributed by atoms with Crippen LogP contribution < -0.4 is 5.32 Å². The van der Waals surface area contributed by atoms with Crippen molar-refractivity contribution in [2.24, 2.45) is 0 Å². The Morgan fingerprint density at radius 1 is 1.46 bits per heavy atom. The van der Waals surface area contributed by atoms with Gasteiger partial charge in [-0.1, -0.05) is 19.1 Å². The number of rotatable bonds is 3. The van der Waals surface area contributed by atoms with E-state index in [4.69, 9.17) is 0 Å². The van der Waals surface area contributed by atoms with Gasteiger partial charge in [0.1, 0.15) is 5.75 Å². The number of benzene rings is 1. The molecular formula is C11H17NO. The molecule has 0 aromatic heterocycles. The summed E-state index contributed by atoms with van der Waals surface area (Å²) in [4.78, 5) is 0. The fraction of sp³-hybridized carbons (Fsp3) is 0.455. The molecule has 0 aliphatic heterocycles. The molecule has 0 fully saturated rings. The summed E-state index contributed by atoms with van der Waals surface area (Å²) in [6, 6.07) is 5.95. The van der Waals surface area contributed by atoms with Crippen molar-refractivity contribution in [2.75, 3.05) is 5.32 Å². The molecule has 2 nitrogen and oxygen atoms in total. The Morgan fingerprint density at radius 3 is 2.69 bits per heavy atom. The van der Waals surface area contributed by atoms with Gasteiger partial charge in [-0.25, -0.2) is 0 Å². The Hall–Kier alpha value is -1.18. The molecule has 1 aromatic carbocycles. The van der Waals surface area contributed by atoms with E-state index in [1.807, 2.05) is 19.1 Å². The molecule has 0 aliphatic rings. The van der Waals surface area contributed by atoms with Crippen molar-refractivity contribution in [1.82, 2.24) is 0 Å². The molecule has 0 saturated heterocycles. The number of nitrogens with one attached hydrogen (secondary N) is 1. The highest BCUT2D eigenvalue weighted by molar-refractivity contribution is 5.61. The molecule has 0 spiro atoms. The van der Waals surface area contributed by atoms with Crippen LogP contribution >= 0.6 is 0 Å². The van der Waals surface area contributed by atoms with Crippen LogP contribution in [0.15, 0.2) is 18.2 Å². The number of phenolic OH excluding ortho intramolecular Hbond substituents is 1. The molecule has 2 N–H and O–H groups in total. The lowest BCUT2D eigenvalue weighted by atomic mass is 10.1. The zero-order chi connectivity index (χ0) is 9.84. The summed E-state index contributed by atoms with van der Waals surface area (Å²) in [6.07, 6.45) is 1.05. The first kappa shape index (κ1) is 9.90. The first-order chi connectivity index (χ1) is 6.15. The lowest BCUT2D eigenvalue weighted by Crippen LogP contribution is -2.14. The number of aryl methyl sites for hydroxylation is 1. The second-order valence-corrected chi connectivity index (χ2v) is 3.42. The molecule has 1 aromatic rings. The Balaban J connectivity index is 2.87. The predicted octanol–water partition coefficient (Wildman–Crippen LogP) is 2.91. The Labute approximate surface area is 79.6 Å². The first-order valence-electron chi connectivity index (χ1n) is 4.70. The minimum atomic E-state index is 0.334. The van der Waals surface area contributed by atoms with Crippen LogP contribution in [-0.4, -0.2) is 11.1 Å². The van der Waals surface area contributed by atoms with Gasteiger partial charge in [0.2, 0.25) is 0 Å². The van der Waals surface area contributed by atoms with Gasteiger partial charge in [0.25, 0.3) is 0 Å². The number of hydrogen-bond donors (Lipinski definition) is 2. The molecule has 13 heavy (non-hydrogen) atoms. The van der Waals surface area contributed by atoms with Crippen LogP contribution in [-0.2, 0) is 0 Å². The highest BCUT2D eigenvalue weighted by atomic mass is 16.3. The largest absolute Gasteiger partial charge is 0.506 e. The molecule has 0 saturated carbocycles. The van der Waals surface area contributed by atoms with E-state index in [-0.39, 0.29) is 0 Å². The van der Waals surface area contributed by atoms with E-state index in [9.17, 15) is 5.11 Å². The maximum Gasteiger partial charge on any atom is 0.138 e. The fourth-order valence-corrected chi connectivity index (χ4v) is 1.19. The Bertz CT molecular complexity index is 263. The van der Waals surface area contributed by atoms with Crippen molar-refractivity contribution >= 4 is 5.69 Å². The lowest BCUT2D eigenvalue weighted by molar-refractivity contribution is 0.476. The summed E-state index contributed by atoms with van der Waals surface area (Å²) in [5.41, 5.74) is 1.94. The van der Waals surface area contributed by atoms with Crippen molar-refractivity contribution in [3.05, 3.63) is 23.8 Å². The van der Waals surface area contributed by atoms with Gasteiger partial charge in [0.05, 0.1) is 5.69 Å². The van der Waals surface area contributed by atoms with Crippen molar-refractivity contribution < 1.29 is 5.11 Å². The third kappa shape index (κ3) is 2.38. The molecule has 1 atom stereocenters. The number of aromatic hydroxyl groups is 1. The highest BCUT2D eigenvalue weighted by Crippen LogP contribution is 2.27. The van der Waals surface area contributed by atoms with Gasteiger partial charge < -0.3 is 10.4 Å². The van der Waals surface area contributed by atoms with Gasteiger partial charge in [-0.05, 0) is 31.9 Å². The maximum absolute atomic E-state index is 9.57. The third-order valence-corrected chi connectivity index (χ3v) is 2.25. The summed E-state index contributed by atoms with van der Waals surface area (Å²) >= 11 is 0. The van der Waals surface area contributed by atoms with Crippen molar-refractivity contribution in [1.29, 1.82) is 0 Å². The number of anilines is 1. The second-order valence-electron chi connectivity index (χ2n) is 3.42. The van der Waals surface area contributed by atoms with E-state index in [0.717, 1.165) is 17.7 Å². The van der Waals surface area contributed by atoms with Gasteiger partial charge in [-0.2, -0.15) is 0 Å². The zero-order valence-electron chi connectivity index (χ0n) is 8.46. The molecule has 2 heteroatoms. The molecule has 0 amide bonds. The first-order valence-corrected chi connectivity index (χ1v) is 4.70. The van der Waals surface area contributed by atoms with Crippen LogP contribution in [0.3, 0.4) is 0 Å². The van der Waals surface area contributed by atoms with Crippen LogP contribution in [0.5, 0.6) is 5.75 Å². The molecule has 0 aliphatic carbocycles.